The van der Waals surface area contributed by atoms with Gasteiger partial charge in [-0.1, -0.05) is 0 Å². The number of carbonyl (C=O) groups is 1. The number of nitrogens with zero attached hydrogens (tertiary/aromatic N) is 1. The molecule has 0 radical (unpaired) electrons. The summed E-state index contributed by atoms with van der Waals surface area (Å²) in [5.74, 6) is 0.145. The summed E-state index contributed by atoms with van der Waals surface area (Å²) in [5.41, 5.74) is 1.21. The fourth-order valence-electron chi connectivity index (χ4n) is 2.04. The molecule has 1 atom stereocenters. The van der Waals surface area contributed by atoms with Crippen LogP contribution in [0.3, 0.4) is 0 Å². The third-order valence-electron chi connectivity index (χ3n) is 3.12. The second kappa shape index (κ2) is 5.16. The van der Waals surface area contributed by atoms with E-state index in [0.29, 0.717) is 0 Å². The molecule has 0 spiro atoms. The summed E-state index contributed by atoms with van der Waals surface area (Å²) < 4.78 is 2.07. The van der Waals surface area contributed by atoms with E-state index in [1.54, 1.807) is 0 Å². The van der Waals surface area contributed by atoms with E-state index in [0.717, 1.165) is 32.4 Å². The molecule has 4 heteroatoms. The van der Waals surface area contributed by atoms with Crippen molar-refractivity contribution in [1.29, 1.82) is 0 Å². The van der Waals surface area contributed by atoms with Crippen molar-refractivity contribution in [3.8, 4) is 0 Å². The lowest BCUT2D eigenvalue weighted by atomic mass is 10.1. The van der Waals surface area contributed by atoms with E-state index in [-0.39, 0.29) is 11.9 Å². The van der Waals surface area contributed by atoms with Gasteiger partial charge in [0.25, 0.3) is 0 Å². The summed E-state index contributed by atoms with van der Waals surface area (Å²) in [7, 11) is 2.02. The second-order valence-electron chi connectivity index (χ2n) is 4.33. The molecule has 0 aliphatic carbocycles. The van der Waals surface area contributed by atoms with Crippen LogP contribution in [0.1, 0.15) is 25.0 Å². The Balaban J connectivity index is 1.89. The van der Waals surface area contributed by atoms with Crippen molar-refractivity contribution in [3.05, 3.63) is 24.0 Å². The number of aromatic nitrogens is 1. The van der Waals surface area contributed by atoms with Crippen molar-refractivity contribution in [2.24, 2.45) is 7.05 Å². The van der Waals surface area contributed by atoms with E-state index in [2.05, 4.69) is 21.3 Å². The first-order valence-corrected chi connectivity index (χ1v) is 5.88. The fourth-order valence-corrected chi connectivity index (χ4v) is 2.04. The van der Waals surface area contributed by atoms with E-state index in [4.69, 9.17) is 0 Å². The molecule has 1 fully saturated rings. The van der Waals surface area contributed by atoms with Crippen LogP contribution in [-0.2, 0) is 18.4 Å². The van der Waals surface area contributed by atoms with E-state index in [1.165, 1.54) is 5.69 Å². The van der Waals surface area contributed by atoms with Crippen molar-refractivity contribution in [2.45, 2.75) is 31.8 Å². The molecule has 1 aliphatic heterocycles. The number of hydrogen-bond donors (Lipinski definition) is 2. The predicted octanol–water partition coefficient (Wildman–Crippen LogP) is 0.783. The van der Waals surface area contributed by atoms with Crippen molar-refractivity contribution in [1.82, 2.24) is 15.2 Å². The molecule has 2 rings (SSSR count). The lowest BCUT2D eigenvalue weighted by Gasteiger charge is -2.15. The Hall–Kier alpha value is -1.29. The van der Waals surface area contributed by atoms with Gasteiger partial charge in [-0.3, -0.25) is 4.79 Å². The highest BCUT2D eigenvalue weighted by molar-refractivity contribution is 5.81. The highest BCUT2D eigenvalue weighted by Gasteiger charge is 2.19. The minimum atomic E-state index is -0.0302. The predicted molar refractivity (Wildman–Crippen MR) is 62.9 cm³/mol. The molecule has 0 saturated carbocycles. The van der Waals surface area contributed by atoms with Crippen LogP contribution in [0.5, 0.6) is 0 Å². The summed E-state index contributed by atoms with van der Waals surface area (Å²) in [5, 5.41) is 6.25. The number of hydrogen-bond acceptors (Lipinski definition) is 2. The summed E-state index contributed by atoms with van der Waals surface area (Å²) in [6.45, 7) is 1.57. The van der Waals surface area contributed by atoms with Crippen LogP contribution in [0, 0.1) is 0 Å². The van der Waals surface area contributed by atoms with E-state index in [9.17, 15) is 4.79 Å². The van der Waals surface area contributed by atoms with Crippen LogP contribution in [0.4, 0.5) is 0 Å². The normalized spacial score (nSPS) is 21.6. The molecule has 1 aliphatic rings. The van der Waals surface area contributed by atoms with E-state index in [1.807, 2.05) is 19.3 Å². The van der Waals surface area contributed by atoms with Gasteiger partial charge in [0.2, 0.25) is 5.91 Å². The first-order valence-electron chi connectivity index (χ1n) is 5.88. The Morgan fingerprint density at radius 3 is 3.19 bits per heavy atom. The number of amides is 1. The molecule has 16 heavy (non-hydrogen) atoms. The Kier molecular flexibility index (Phi) is 3.62. The van der Waals surface area contributed by atoms with Gasteiger partial charge >= 0.3 is 0 Å². The van der Waals surface area contributed by atoms with Crippen molar-refractivity contribution in [2.75, 3.05) is 6.54 Å². The Morgan fingerprint density at radius 2 is 2.44 bits per heavy atom. The van der Waals surface area contributed by atoms with Gasteiger partial charge in [-0.05, 0) is 31.4 Å². The van der Waals surface area contributed by atoms with Crippen LogP contribution >= 0.6 is 0 Å². The molecule has 1 unspecified atom stereocenters. The van der Waals surface area contributed by atoms with Crippen LogP contribution in [0.25, 0.3) is 0 Å². The van der Waals surface area contributed by atoms with Crippen LogP contribution in [-0.4, -0.2) is 23.1 Å². The quantitative estimate of drug-likeness (QED) is 0.792. The second-order valence-corrected chi connectivity index (χ2v) is 4.33. The third-order valence-corrected chi connectivity index (χ3v) is 3.12. The maximum Gasteiger partial charge on any atom is 0.237 e. The molecule has 1 aromatic heterocycles. The molecule has 1 saturated heterocycles. The van der Waals surface area contributed by atoms with Gasteiger partial charge in [0.1, 0.15) is 0 Å². The molecule has 2 N–H and O–H groups in total. The SMILES string of the molecule is Cn1cccc1CNC1CCCCNC1=O. The highest BCUT2D eigenvalue weighted by Crippen LogP contribution is 2.07. The monoisotopic (exact) mass is 221 g/mol. The van der Waals surface area contributed by atoms with Crippen molar-refractivity contribution >= 4 is 5.91 Å². The van der Waals surface area contributed by atoms with E-state index >= 15 is 0 Å². The molecule has 0 aromatic carbocycles. The average Bonchev–Trinajstić information content (AvgIpc) is 2.56. The maximum atomic E-state index is 11.7. The zero-order valence-corrected chi connectivity index (χ0v) is 9.70. The Morgan fingerprint density at radius 1 is 1.56 bits per heavy atom. The standard InChI is InChI=1S/C12H19N3O/c1-15-8-4-5-10(15)9-14-11-6-2-3-7-13-12(11)16/h4-5,8,11,14H,2-3,6-7,9H2,1H3,(H,13,16). The van der Waals surface area contributed by atoms with Gasteiger partial charge in [0.15, 0.2) is 0 Å². The number of aryl methyl sites for hydroxylation is 1. The molecule has 1 amide bonds. The zero-order valence-electron chi connectivity index (χ0n) is 9.70. The van der Waals surface area contributed by atoms with Crippen molar-refractivity contribution in [3.63, 3.8) is 0 Å². The highest BCUT2D eigenvalue weighted by atomic mass is 16.2. The molecule has 2 heterocycles. The minimum absolute atomic E-state index is 0.0302. The molecule has 1 aromatic rings. The van der Waals surface area contributed by atoms with Crippen LogP contribution in [0.15, 0.2) is 18.3 Å². The summed E-state index contributed by atoms with van der Waals surface area (Å²) >= 11 is 0. The Bertz CT molecular complexity index is 359. The smallest absolute Gasteiger partial charge is 0.237 e. The van der Waals surface area contributed by atoms with Gasteiger partial charge < -0.3 is 15.2 Å². The molecule has 4 nitrogen and oxygen atoms in total. The molecular weight excluding hydrogens is 202 g/mol. The summed E-state index contributed by atoms with van der Waals surface area (Å²) in [6.07, 6.45) is 5.16. The van der Waals surface area contributed by atoms with Gasteiger partial charge in [-0.15, -0.1) is 0 Å². The van der Waals surface area contributed by atoms with E-state index < -0.39 is 0 Å². The largest absolute Gasteiger partial charge is 0.355 e. The van der Waals surface area contributed by atoms with Gasteiger partial charge in [0, 0.05) is 32.0 Å². The zero-order chi connectivity index (χ0) is 11.4. The first kappa shape index (κ1) is 11.2. The molecule has 88 valence electrons. The van der Waals surface area contributed by atoms with Crippen LogP contribution < -0.4 is 10.6 Å². The van der Waals surface area contributed by atoms with Gasteiger partial charge in [-0.2, -0.15) is 0 Å². The van der Waals surface area contributed by atoms with Crippen molar-refractivity contribution < 1.29 is 4.79 Å². The number of rotatable bonds is 3. The lowest BCUT2D eigenvalue weighted by Crippen LogP contribution is -2.42. The van der Waals surface area contributed by atoms with Crippen LogP contribution in [0.2, 0.25) is 0 Å². The van der Waals surface area contributed by atoms with Gasteiger partial charge in [0.05, 0.1) is 6.04 Å². The fraction of sp³-hybridized carbons (Fsp3) is 0.583. The lowest BCUT2D eigenvalue weighted by molar-refractivity contribution is -0.122. The molecule has 0 bridgehead atoms. The molecular formula is C12H19N3O. The number of carbonyl (C=O) groups excluding carboxylic acids is 1. The minimum Gasteiger partial charge on any atom is -0.355 e. The summed E-state index contributed by atoms with van der Waals surface area (Å²) in [6, 6.07) is 4.06. The third kappa shape index (κ3) is 2.64. The maximum absolute atomic E-state index is 11.7. The summed E-state index contributed by atoms with van der Waals surface area (Å²) in [4.78, 5) is 11.7. The van der Waals surface area contributed by atoms with Gasteiger partial charge in [-0.25, -0.2) is 0 Å². The Labute approximate surface area is 96.0 Å². The topological polar surface area (TPSA) is 46.1 Å². The number of nitrogens with one attached hydrogen (secondary N) is 2. The first-order chi connectivity index (χ1) is 7.77. The average molecular weight is 221 g/mol.